The number of likely N-dealkylation sites (tertiary alicyclic amines) is 1. The van der Waals surface area contributed by atoms with Gasteiger partial charge in [-0.05, 0) is 87.3 Å². The van der Waals surface area contributed by atoms with Crippen LogP contribution in [0, 0.1) is 5.82 Å². The molecule has 1 aromatic heterocycles. The highest BCUT2D eigenvalue weighted by Crippen LogP contribution is 2.36. The summed E-state index contributed by atoms with van der Waals surface area (Å²) in [5, 5.41) is 3.49. The molecule has 1 unspecified atom stereocenters. The first-order valence-electron chi connectivity index (χ1n) is 12.4. The molecule has 2 aliphatic rings. The van der Waals surface area contributed by atoms with Crippen molar-refractivity contribution in [3.63, 3.8) is 0 Å². The Morgan fingerprint density at radius 3 is 2.71 bits per heavy atom. The van der Waals surface area contributed by atoms with Crippen LogP contribution in [0.15, 0.2) is 65.9 Å². The third-order valence-electron chi connectivity index (χ3n) is 6.87. The number of hydrogen-bond acceptors (Lipinski definition) is 5. The summed E-state index contributed by atoms with van der Waals surface area (Å²) in [6.45, 7) is 3.60. The second-order valence-corrected chi connectivity index (χ2v) is 9.77. The molecule has 5 rings (SSSR count). The number of aliphatic imine (C=N–C) groups is 1. The number of aryl methyl sites for hydroxylation is 1. The molecule has 0 bridgehead atoms. The molecule has 2 aliphatic heterocycles. The lowest BCUT2D eigenvalue weighted by molar-refractivity contribution is 0.226. The van der Waals surface area contributed by atoms with E-state index in [1.807, 2.05) is 18.3 Å². The summed E-state index contributed by atoms with van der Waals surface area (Å²) in [6, 6.07) is 15.3. The molecule has 0 spiro atoms. The van der Waals surface area contributed by atoms with Gasteiger partial charge in [0.15, 0.2) is 6.17 Å². The number of fused-ring (bicyclic) bond motifs is 1. The number of nitrogens with one attached hydrogen (secondary N) is 1. The van der Waals surface area contributed by atoms with Gasteiger partial charge in [0.2, 0.25) is 0 Å². The summed E-state index contributed by atoms with van der Waals surface area (Å²) >= 11 is 6.05. The first kappa shape index (κ1) is 23.8. The molecule has 7 heteroatoms. The van der Waals surface area contributed by atoms with Crippen LogP contribution in [0.4, 0.5) is 15.8 Å². The predicted octanol–water partition coefficient (Wildman–Crippen LogP) is 6.30. The number of hydrogen-bond donors (Lipinski definition) is 1. The van der Waals surface area contributed by atoms with Crippen molar-refractivity contribution in [2.45, 2.75) is 38.3 Å². The number of aromatic nitrogens is 1. The van der Waals surface area contributed by atoms with Crippen LogP contribution in [-0.4, -0.2) is 42.4 Å². The van der Waals surface area contributed by atoms with Gasteiger partial charge in [-0.1, -0.05) is 30.2 Å². The first-order valence-corrected chi connectivity index (χ1v) is 12.7. The monoisotopic (exact) mass is 491 g/mol. The number of amidine groups is 1. The highest BCUT2D eigenvalue weighted by atomic mass is 35.5. The molecule has 0 radical (unpaired) electrons. The number of halogens is 2. The largest absolute Gasteiger partial charge is 0.348 e. The van der Waals surface area contributed by atoms with E-state index in [2.05, 4.69) is 45.3 Å². The maximum Gasteiger partial charge on any atom is 0.150 e. The van der Waals surface area contributed by atoms with Gasteiger partial charge in [0.25, 0.3) is 0 Å². The second-order valence-electron chi connectivity index (χ2n) is 9.36. The normalized spacial score (nSPS) is 18.2. The summed E-state index contributed by atoms with van der Waals surface area (Å²) in [7, 11) is 2.06. The number of anilines is 2. The van der Waals surface area contributed by atoms with Gasteiger partial charge in [-0.15, -0.1) is 0 Å². The van der Waals surface area contributed by atoms with Crippen LogP contribution < -0.4 is 10.2 Å². The van der Waals surface area contributed by atoms with E-state index < -0.39 is 5.82 Å². The van der Waals surface area contributed by atoms with E-state index in [0.29, 0.717) is 5.69 Å². The standard InChI is InChI=1S/C28H31ClFN5/c1-34-26-12-9-20(7-6-16-35-14-3-2-4-15-35)17-23(26)27(32-22-10-11-25(30)24(29)18-22)33-28(34)21-8-5-13-31-19-21/h5,8-13,17-19,28H,2-4,6-7,14-16H2,1H3,(H,32,33). The zero-order chi connectivity index (χ0) is 24.2. The minimum absolute atomic E-state index is 0.0824. The predicted molar refractivity (Wildman–Crippen MR) is 142 cm³/mol. The Morgan fingerprint density at radius 2 is 1.94 bits per heavy atom. The van der Waals surface area contributed by atoms with E-state index in [9.17, 15) is 4.39 Å². The van der Waals surface area contributed by atoms with Gasteiger partial charge >= 0.3 is 0 Å². The fourth-order valence-corrected chi connectivity index (χ4v) is 5.15. The summed E-state index contributed by atoms with van der Waals surface area (Å²) in [4.78, 5) is 14.1. The molecule has 35 heavy (non-hydrogen) atoms. The Balaban J connectivity index is 1.42. The lowest BCUT2D eigenvalue weighted by Gasteiger charge is -2.34. The molecule has 3 aromatic rings. The molecule has 1 atom stereocenters. The number of rotatable bonds is 6. The van der Waals surface area contributed by atoms with Crippen molar-refractivity contribution >= 4 is 28.8 Å². The molecule has 1 saturated heterocycles. The van der Waals surface area contributed by atoms with Crippen LogP contribution in [0.3, 0.4) is 0 Å². The molecule has 1 N–H and O–H groups in total. The van der Waals surface area contributed by atoms with Crippen molar-refractivity contribution in [3.05, 3.63) is 88.5 Å². The van der Waals surface area contributed by atoms with Crippen molar-refractivity contribution in [2.24, 2.45) is 4.99 Å². The Hall–Kier alpha value is -2.96. The van der Waals surface area contributed by atoms with Crippen LogP contribution in [-0.2, 0) is 6.42 Å². The van der Waals surface area contributed by atoms with E-state index in [-0.39, 0.29) is 11.2 Å². The minimum Gasteiger partial charge on any atom is -0.348 e. The van der Waals surface area contributed by atoms with Crippen LogP contribution >= 0.6 is 11.6 Å². The molecule has 3 heterocycles. The molecular weight excluding hydrogens is 461 g/mol. The Kier molecular flexibility index (Phi) is 7.30. The quantitative estimate of drug-likeness (QED) is 0.439. The molecule has 0 aliphatic carbocycles. The highest BCUT2D eigenvalue weighted by Gasteiger charge is 2.27. The molecule has 5 nitrogen and oxygen atoms in total. The summed E-state index contributed by atoms with van der Waals surface area (Å²) in [5.74, 6) is 0.305. The van der Waals surface area contributed by atoms with Crippen molar-refractivity contribution in [2.75, 3.05) is 36.9 Å². The summed E-state index contributed by atoms with van der Waals surface area (Å²) in [6.07, 6.45) is 9.56. The lowest BCUT2D eigenvalue weighted by atomic mass is 10.00. The maximum atomic E-state index is 13.7. The molecule has 2 aromatic carbocycles. The fraction of sp³-hybridized carbons (Fsp3) is 0.357. The Bertz CT molecular complexity index is 1190. The minimum atomic E-state index is -0.438. The van der Waals surface area contributed by atoms with Crippen molar-refractivity contribution in [1.29, 1.82) is 0 Å². The van der Waals surface area contributed by atoms with E-state index >= 15 is 0 Å². The highest BCUT2D eigenvalue weighted by molar-refractivity contribution is 6.31. The van der Waals surface area contributed by atoms with Gasteiger partial charge in [-0.3, -0.25) is 4.98 Å². The number of pyridine rings is 1. The number of benzene rings is 2. The maximum absolute atomic E-state index is 13.7. The van der Waals surface area contributed by atoms with Gasteiger partial charge in [0.05, 0.1) is 5.02 Å². The zero-order valence-corrected chi connectivity index (χ0v) is 20.8. The van der Waals surface area contributed by atoms with Crippen molar-refractivity contribution in [1.82, 2.24) is 9.88 Å². The SMILES string of the molecule is CN1c2ccc(CCCN3CCCCC3)cc2C(Nc2ccc(F)c(Cl)c2)=NC1c1cccnc1. The number of nitrogens with zero attached hydrogens (tertiary/aromatic N) is 4. The Labute approximate surface area is 211 Å². The van der Waals surface area contributed by atoms with Gasteiger partial charge in [0.1, 0.15) is 11.7 Å². The zero-order valence-electron chi connectivity index (χ0n) is 20.1. The smallest absolute Gasteiger partial charge is 0.150 e. The Morgan fingerprint density at radius 1 is 1.09 bits per heavy atom. The molecule has 0 amide bonds. The van der Waals surface area contributed by atoms with Gasteiger partial charge in [-0.2, -0.15) is 0 Å². The van der Waals surface area contributed by atoms with Crippen LogP contribution in [0.5, 0.6) is 0 Å². The van der Waals surface area contributed by atoms with Crippen molar-refractivity contribution < 1.29 is 4.39 Å². The molecule has 182 valence electrons. The third-order valence-corrected chi connectivity index (χ3v) is 7.16. The van der Waals surface area contributed by atoms with Gasteiger partial charge < -0.3 is 15.1 Å². The van der Waals surface area contributed by atoms with E-state index in [4.69, 9.17) is 16.6 Å². The second kappa shape index (κ2) is 10.8. The summed E-state index contributed by atoms with van der Waals surface area (Å²) in [5.41, 5.74) is 5.11. The average molecular weight is 492 g/mol. The third kappa shape index (κ3) is 5.49. The number of piperidine rings is 1. The van der Waals surface area contributed by atoms with E-state index in [1.54, 1.807) is 18.3 Å². The topological polar surface area (TPSA) is 43.8 Å². The molecular formula is C28H31ClFN5. The van der Waals surface area contributed by atoms with E-state index in [1.165, 1.54) is 44.0 Å². The van der Waals surface area contributed by atoms with Crippen LogP contribution in [0.2, 0.25) is 5.02 Å². The van der Waals surface area contributed by atoms with Gasteiger partial charge in [-0.25, -0.2) is 9.38 Å². The van der Waals surface area contributed by atoms with Crippen molar-refractivity contribution in [3.8, 4) is 0 Å². The summed E-state index contributed by atoms with van der Waals surface area (Å²) < 4.78 is 13.7. The fourth-order valence-electron chi connectivity index (χ4n) is 4.97. The van der Waals surface area contributed by atoms with Crippen LogP contribution in [0.25, 0.3) is 0 Å². The average Bonchev–Trinajstić information content (AvgIpc) is 2.89. The lowest BCUT2D eigenvalue weighted by Crippen LogP contribution is -2.32. The van der Waals surface area contributed by atoms with Gasteiger partial charge in [0, 0.05) is 41.9 Å². The molecule has 0 saturated carbocycles. The molecule has 1 fully saturated rings. The first-order chi connectivity index (χ1) is 17.1. The van der Waals surface area contributed by atoms with Crippen LogP contribution in [0.1, 0.15) is 48.5 Å². The van der Waals surface area contributed by atoms with E-state index in [0.717, 1.165) is 42.0 Å².